The van der Waals surface area contributed by atoms with Crippen LogP contribution in [0.5, 0.6) is 0 Å². The number of hydrogen-bond donors (Lipinski definition) is 1. The van der Waals surface area contributed by atoms with E-state index in [1.807, 2.05) is 17.0 Å². The molecule has 3 aromatic rings. The molecule has 194 valence electrons. The largest absolute Gasteiger partial charge is 0.349 e. The highest BCUT2D eigenvalue weighted by molar-refractivity contribution is 5.92. The van der Waals surface area contributed by atoms with Gasteiger partial charge in [0.25, 0.3) is 5.92 Å². The van der Waals surface area contributed by atoms with Crippen molar-refractivity contribution in [2.45, 2.75) is 45.6 Å². The topological polar surface area (TPSA) is 78.4 Å². The van der Waals surface area contributed by atoms with Crippen molar-refractivity contribution in [1.29, 1.82) is 0 Å². The van der Waals surface area contributed by atoms with Gasteiger partial charge in [-0.15, -0.1) is 0 Å². The van der Waals surface area contributed by atoms with E-state index in [1.165, 1.54) is 19.1 Å². The Morgan fingerprint density at radius 2 is 1.70 bits per heavy atom. The van der Waals surface area contributed by atoms with E-state index in [0.717, 1.165) is 17.1 Å². The second-order valence-corrected chi connectivity index (χ2v) is 9.29. The highest BCUT2D eigenvalue weighted by Crippen LogP contribution is 2.32. The molecule has 2 amide bonds. The maximum atomic E-state index is 13.8. The van der Waals surface area contributed by atoms with Crippen LogP contribution in [-0.2, 0) is 21.9 Å². The van der Waals surface area contributed by atoms with Crippen molar-refractivity contribution in [3.05, 3.63) is 72.1 Å². The van der Waals surface area contributed by atoms with Gasteiger partial charge in [0.05, 0.1) is 6.42 Å². The molecule has 1 N–H and O–H groups in total. The average molecular weight is 508 g/mol. The zero-order chi connectivity index (χ0) is 26.6. The van der Waals surface area contributed by atoms with Gasteiger partial charge in [0, 0.05) is 68.2 Å². The predicted molar refractivity (Wildman–Crippen MR) is 139 cm³/mol. The summed E-state index contributed by atoms with van der Waals surface area (Å²) in [4.78, 5) is 37.5. The molecule has 0 aliphatic carbocycles. The van der Waals surface area contributed by atoms with Gasteiger partial charge in [-0.1, -0.05) is 43.3 Å². The zero-order valence-corrected chi connectivity index (χ0v) is 21.2. The Hall–Kier alpha value is -3.88. The molecule has 2 aromatic carbocycles. The minimum atomic E-state index is -2.87. The van der Waals surface area contributed by atoms with Gasteiger partial charge in [-0.25, -0.2) is 13.8 Å². The molecule has 7 nitrogen and oxygen atoms in total. The molecule has 1 saturated heterocycles. The summed E-state index contributed by atoms with van der Waals surface area (Å²) in [7, 11) is 0. The first-order valence-electron chi connectivity index (χ1n) is 12.4. The van der Waals surface area contributed by atoms with Crippen LogP contribution in [0.3, 0.4) is 0 Å². The number of hydrogen-bond acceptors (Lipinski definition) is 5. The van der Waals surface area contributed by atoms with E-state index < -0.39 is 5.92 Å². The number of benzene rings is 2. The number of halogens is 2. The number of carbonyl (C=O) groups is 2. The van der Waals surface area contributed by atoms with Gasteiger partial charge < -0.3 is 15.1 Å². The number of nitrogens with one attached hydrogen (secondary N) is 1. The zero-order valence-electron chi connectivity index (χ0n) is 21.2. The summed E-state index contributed by atoms with van der Waals surface area (Å²) in [6, 6.07) is 13.3. The van der Waals surface area contributed by atoms with Gasteiger partial charge in [-0.3, -0.25) is 14.6 Å². The molecule has 2 heterocycles. The fraction of sp³-hybridized carbons (Fsp3) is 0.357. The Bertz CT molecular complexity index is 1250. The first-order chi connectivity index (χ1) is 17.7. The molecule has 1 aliphatic heterocycles. The minimum absolute atomic E-state index is 0.0479. The summed E-state index contributed by atoms with van der Waals surface area (Å²) >= 11 is 0. The summed E-state index contributed by atoms with van der Waals surface area (Å²) in [6.45, 7) is 7.01. The molecule has 0 radical (unpaired) electrons. The fourth-order valence-corrected chi connectivity index (χ4v) is 4.48. The third-order valence-corrected chi connectivity index (χ3v) is 6.65. The van der Waals surface area contributed by atoms with Crippen LogP contribution in [0.2, 0.25) is 0 Å². The van der Waals surface area contributed by atoms with E-state index in [9.17, 15) is 18.4 Å². The quantitative estimate of drug-likeness (QED) is 0.493. The van der Waals surface area contributed by atoms with Crippen LogP contribution < -0.4 is 10.2 Å². The molecule has 1 atom stereocenters. The lowest BCUT2D eigenvalue weighted by Crippen LogP contribution is -2.53. The fourth-order valence-electron chi connectivity index (χ4n) is 4.48. The Kier molecular flexibility index (Phi) is 7.80. The summed E-state index contributed by atoms with van der Waals surface area (Å²) in [5.41, 5.74) is 2.82. The Morgan fingerprint density at radius 1 is 1.03 bits per heavy atom. The third kappa shape index (κ3) is 6.10. The SMILES string of the molecule is CCC(F)(F)c1ccc(CC(=O)Nc2ccc(-c3nccnc3N3CCN(C(C)=O)CC3C)cc2)cc1. The Balaban J connectivity index is 1.42. The van der Waals surface area contributed by atoms with Gasteiger partial charge in [-0.05, 0) is 24.6 Å². The van der Waals surface area contributed by atoms with Crippen molar-refractivity contribution < 1.29 is 18.4 Å². The number of carbonyl (C=O) groups excluding carboxylic acids is 2. The number of rotatable bonds is 7. The van der Waals surface area contributed by atoms with E-state index in [1.54, 1.807) is 43.6 Å². The Labute approximate surface area is 215 Å². The summed E-state index contributed by atoms with van der Waals surface area (Å²) in [5, 5.41) is 2.85. The molecular formula is C28H31F2N5O2. The standard InChI is InChI=1S/C28H31F2N5O2/c1-4-28(29,30)23-9-5-21(6-10-23)17-25(37)33-24-11-7-22(8-12-24)26-27(32-14-13-31-26)35-16-15-34(20(3)36)18-19(35)2/h5-14,19H,4,15-18H2,1-3H3,(H,33,37). The van der Waals surface area contributed by atoms with E-state index in [-0.39, 0.29) is 36.3 Å². The lowest BCUT2D eigenvalue weighted by molar-refractivity contribution is -0.129. The van der Waals surface area contributed by atoms with Gasteiger partial charge in [0.15, 0.2) is 5.82 Å². The number of amides is 2. The van der Waals surface area contributed by atoms with Crippen molar-refractivity contribution in [2.24, 2.45) is 0 Å². The van der Waals surface area contributed by atoms with Crippen LogP contribution in [0.4, 0.5) is 20.3 Å². The van der Waals surface area contributed by atoms with Gasteiger partial charge in [-0.2, -0.15) is 0 Å². The van der Waals surface area contributed by atoms with Crippen molar-refractivity contribution >= 4 is 23.3 Å². The van der Waals surface area contributed by atoms with Crippen LogP contribution in [0.25, 0.3) is 11.3 Å². The van der Waals surface area contributed by atoms with Gasteiger partial charge >= 0.3 is 0 Å². The molecule has 1 aliphatic rings. The first-order valence-corrected chi connectivity index (χ1v) is 12.4. The molecule has 37 heavy (non-hydrogen) atoms. The second-order valence-electron chi connectivity index (χ2n) is 9.29. The molecule has 1 unspecified atom stereocenters. The number of nitrogens with zero attached hydrogens (tertiary/aromatic N) is 4. The molecule has 1 fully saturated rings. The van der Waals surface area contributed by atoms with Crippen molar-refractivity contribution in [3.8, 4) is 11.3 Å². The van der Waals surface area contributed by atoms with Crippen LogP contribution in [0, 0.1) is 0 Å². The number of anilines is 2. The highest BCUT2D eigenvalue weighted by Gasteiger charge is 2.29. The van der Waals surface area contributed by atoms with E-state index in [0.29, 0.717) is 30.9 Å². The molecule has 4 rings (SSSR count). The van der Waals surface area contributed by atoms with Crippen LogP contribution in [0.1, 0.15) is 38.3 Å². The number of piperazine rings is 1. The van der Waals surface area contributed by atoms with Crippen LogP contribution >= 0.6 is 0 Å². The highest BCUT2D eigenvalue weighted by atomic mass is 19.3. The first kappa shape index (κ1) is 26.2. The van der Waals surface area contributed by atoms with Gasteiger partial charge in [0.2, 0.25) is 11.8 Å². The second kappa shape index (κ2) is 11.0. The lowest BCUT2D eigenvalue weighted by atomic mass is 10.0. The third-order valence-electron chi connectivity index (χ3n) is 6.65. The average Bonchev–Trinajstić information content (AvgIpc) is 2.89. The monoisotopic (exact) mass is 507 g/mol. The number of alkyl halides is 2. The molecule has 0 spiro atoms. The van der Waals surface area contributed by atoms with E-state index in [4.69, 9.17) is 0 Å². The molecular weight excluding hydrogens is 476 g/mol. The normalized spacial score (nSPS) is 16.0. The molecule has 0 bridgehead atoms. The minimum Gasteiger partial charge on any atom is -0.349 e. The van der Waals surface area contributed by atoms with E-state index >= 15 is 0 Å². The maximum absolute atomic E-state index is 13.8. The van der Waals surface area contributed by atoms with E-state index in [2.05, 4.69) is 27.1 Å². The molecule has 0 saturated carbocycles. The smallest absolute Gasteiger partial charge is 0.273 e. The number of aromatic nitrogens is 2. The van der Waals surface area contributed by atoms with Crippen molar-refractivity contribution in [1.82, 2.24) is 14.9 Å². The predicted octanol–water partition coefficient (Wildman–Crippen LogP) is 4.88. The van der Waals surface area contributed by atoms with Crippen LogP contribution in [-0.4, -0.2) is 52.4 Å². The van der Waals surface area contributed by atoms with Crippen LogP contribution in [0.15, 0.2) is 60.9 Å². The maximum Gasteiger partial charge on any atom is 0.273 e. The lowest BCUT2D eigenvalue weighted by Gasteiger charge is -2.40. The van der Waals surface area contributed by atoms with Gasteiger partial charge in [0.1, 0.15) is 5.69 Å². The molecule has 9 heteroatoms. The van der Waals surface area contributed by atoms with Crippen molar-refractivity contribution in [2.75, 3.05) is 29.9 Å². The Morgan fingerprint density at radius 3 is 2.32 bits per heavy atom. The summed E-state index contributed by atoms with van der Waals surface area (Å²) in [6.07, 6.45) is 3.12. The van der Waals surface area contributed by atoms with Crippen molar-refractivity contribution in [3.63, 3.8) is 0 Å². The molecule has 1 aromatic heterocycles. The summed E-state index contributed by atoms with van der Waals surface area (Å²) in [5.74, 6) is -2.28. The summed E-state index contributed by atoms with van der Waals surface area (Å²) < 4.78 is 27.6.